The molecule has 0 spiro atoms. The highest BCUT2D eigenvalue weighted by atomic mass is 15.3. The van der Waals surface area contributed by atoms with E-state index in [-0.39, 0.29) is 0 Å². The summed E-state index contributed by atoms with van der Waals surface area (Å²) in [4.78, 5) is 9.55. The summed E-state index contributed by atoms with van der Waals surface area (Å²) in [5.41, 5.74) is 6.00. The topological polar surface area (TPSA) is 56.9 Å². The van der Waals surface area contributed by atoms with E-state index in [1.54, 1.807) is 0 Å². The van der Waals surface area contributed by atoms with Crippen LogP contribution in [0.3, 0.4) is 0 Å². The molecule has 3 N–H and O–H groups in total. The first-order valence-electron chi connectivity index (χ1n) is 9.01. The van der Waals surface area contributed by atoms with Crippen LogP contribution in [0.1, 0.15) is 46.5 Å². The van der Waals surface area contributed by atoms with E-state index in [0.717, 1.165) is 39.3 Å². The number of aliphatic imine (C=N–C) groups is 1. The van der Waals surface area contributed by atoms with E-state index in [4.69, 9.17) is 5.73 Å². The van der Waals surface area contributed by atoms with Crippen LogP contribution in [0.2, 0.25) is 0 Å². The fraction of sp³-hybridized carbons (Fsp3) is 0.941. The second-order valence-corrected chi connectivity index (χ2v) is 6.86. The summed E-state index contributed by atoms with van der Waals surface area (Å²) < 4.78 is 0. The highest BCUT2D eigenvalue weighted by Crippen LogP contribution is 2.13. The Kier molecular flexibility index (Phi) is 9.48. The Bertz CT molecular complexity index is 308. The van der Waals surface area contributed by atoms with Crippen molar-refractivity contribution in [3.63, 3.8) is 0 Å². The largest absolute Gasteiger partial charge is 0.370 e. The number of guanidine groups is 1. The normalized spacial score (nSPS) is 19.6. The van der Waals surface area contributed by atoms with Crippen LogP contribution in [0, 0.1) is 5.92 Å². The smallest absolute Gasteiger partial charge is 0.188 e. The summed E-state index contributed by atoms with van der Waals surface area (Å²) in [6.45, 7) is 13.1. The van der Waals surface area contributed by atoms with Crippen LogP contribution in [-0.2, 0) is 0 Å². The average molecular weight is 312 g/mol. The quantitative estimate of drug-likeness (QED) is 0.387. The first-order chi connectivity index (χ1) is 10.5. The molecule has 1 atom stereocenters. The van der Waals surface area contributed by atoms with Gasteiger partial charge in [-0.1, -0.05) is 40.0 Å². The van der Waals surface area contributed by atoms with E-state index >= 15 is 0 Å². The molecule has 0 saturated carbocycles. The van der Waals surface area contributed by atoms with E-state index in [2.05, 4.69) is 47.9 Å². The van der Waals surface area contributed by atoms with Gasteiger partial charge in [0.15, 0.2) is 5.96 Å². The molecule has 1 heterocycles. The van der Waals surface area contributed by atoms with Gasteiger partial charge in [-0.05, 0) is 19.4 Å². The minimum atomic E-state index is 0.495. The second kappa shape index (κ2) is 10.8. The Morgan fingerprint density at radius 1 is 1.14 bits per heavy atom. The number of nitrogens with zero attached hydrogens (tertiary/aromatic N) is 3. The van der Waals surface area contributed by atoms with Crippen molar-refractivity contribution in [3.05, 3.63) is 0 Å². The van der Waals surface area contributed by atoms with E-state index < -0.39 is 0 Å². The Balaban J connectivity index is 2.34. The van der Waals surface area contributed by atoms with E-state index in [0.29, 0.717) is 17.9 Å². The van der Waals surface area contributed by atoms with Crippen LogP contribution in [-0.4, -0.2) is 68.1 Å². The maximum absolute atomic E-state index is 6.00. The first-order valence-corrected chi connectivity index (χ1v) is 9.01. The third kappa shape index (κ3) is 7.45. The molecule has 1 unspecified atom stereocenters. The monoisotopic (exact) mass is 311 g/mol. The van der Waals surface area contributed by atoms with Crippen LogP contribution in [0.4, 0.5) is 0 Å². The van der Waals surface area contributed by atoms with Crippen LogP contribution < -0.4 is 11.1 Å². The molecule has 1 fully saturated rings. The van der Waals surface area contributed by atoms with Gasteiger partial charge in [0.25, 0.3) is 0 Å². The van der Waals surface area contributed by atoms with Crippen molar-refractivity contribution in [2.24, 2.45) is 16.6 Å². The molecule has 0 radical (unpaired) electrons. The molecule has 22 heavy (non-hydrogen) atoms. The highest BCUT2D eigenvalue weighted by molar-refractivity contribution is 5.77. The maximum atomic E-state index is 6.00. The molecule has 1 aliphatic heterocycles. The molecule has 0 aromatic carbocycles. The third-order valence-electron chi connectivity index (χ3n) is 4.56. The lowest BCUT2D eigenvalue weighted by Gasteiger charge is -2.39. The van der Waals surface area contributed by atoms with Gasteiger partial charge < -0.3 is 16.0 Å². The molecule has 1 rings (SSSR count). The minimum absolute atomic E-state index is 0.495. The van der Waals surface area contributed by atoms with Gasteiger partial charge in [0, 0.05) is 38.8 Å². The Labute approximate surface area is 137 Å². The number of hydrogen-bond donors (Lipinski definition) is 2. The van der Waals surface area contributed by atoms with Crippen LogP contribution in [0.25, 0.3) is 0 Å². The molecule has 130 valence electrons. The standard InChI is InChI=1S/C17H37N5/c1-5-6-7-8-9-19-17(18)20-14-16(15(2)3)22-12-10-21(4)11-13-22/h15-16H,5-14H2,1-4H3,(H3,18,19,20). The van der Waals surface area contributed by atoms with E-state index in [9.17, 15) is 0 Å². The summed E-state index contributed by atoms with van der Waals surface area (Å²) in [7, 11) is 2.19. The molecule has 0 aromatic heterocycles. The fourth-order valence-corrected chi connectivity index (χ4v) is 2.92. The Morgan fingerprint density at radius 3 is 2.41 bits per heavy atom. The third-order valence-corrected chi connectivity index (χ3v) is 4.56. The summed E-state index contributed by atoms with van der Waals surface area (Å²) in [6, 6.07) is 0.495. The summed E-state index contributed by atoms with van der Waals surface area (Å²) >= 11 is 0. The lowest BCUT2D eigenvalue weighted by molar-refractivity contribution is 0.0925. The van der Waals surface area contributed by atoms with Crippen molar-refractivity contribution in [1.82, 2.24) is 15.1 Å². The molecule has 1 saturated heterocycles. The predicted octanol–water partition coefficient (Wildman–Crippen LogP) is 1.74. The SMILES string of the molecule is CCCCCCNC(N)=NCC(C(C)C)N1CCN(C)CC1. The van der Waals surface area contributed by atoms with Gasteiger partial charge in [-0.25, -0.2) is 0 Å². The van der Waals surface area contributed by atoms with Crippen molar-refractivity contribution in [2.75, 3.05) is 46.3 Å². The Morgan fingerprint density at radius 2 is 1.82 bits per heavy atom. The summed E-state index contributed by atoms with van der Waals surface area (Å²) in [5, 5.41) is 3.25. The average Bonchev–Trinajstić information content (AvgIpc) is 2.48. The van der Waals surface area contributed by atoms with Crippen molar-refractivity contribution in [1.29, 1.82) is 0 Å². The summed E-state index contributed by atoms with van der Waals surface area (Å²) in [6.07, 6.45) is 5.02. The second-order valence-electron chi connectivity index (χ2n) is 6.86. The Hall–Kier alpha value is -0.810. The predicted molar refractivity (Wildman–Crippen MR) is 96.3 cm³/mol. The number of nitrogens with two attached hydrogens (primary N) is 1. The zero-order valence-corrected chi connectivity index (χ0v) is 15.1. The molecule has 0 aliphatic carbocycles. The van der Waals surface area contributed by atoms with Crippen LogP contribution in [0.15, 0.2) is 4.99 Å². The van der Waals surface area contributed by atoms with Gasteiger partial charge in [0.2, 0.25) is 0 Å². The first kappa shape index (κ1) is 19.2. The lowest BCUT2D eigenvalue weighted by Crippen LogP contribution is -2.52. The van der Waals surface area contributed by atoms with Gasteiger partial charge in [-0.2, -0.15) is 0 Å². The molecule has 1 aliphatic rings. The number of likely N-dealkylation sites (N-methyl/N-ethyl adjacent to an activating group) is 1. The maximum Gasteiger partial charge on any atom is 0.188 e. The van der Waals surface area contributed by atoms with Gasteiger partial charge in [0.1, 0.15) is 0 Å². The molecule has 5 heteroatoms. The van der Waals surface area contributed by atoms with Crippen LogP contribution in [0.5, 0.6) is 0 Å². The molecule has 0 amide bonds. The zero-order valence-electron chi connectivity index (χ0n) is 15.1. The van der Waals surface area contributed by atoms with Crippen molar-refractivity contribution < 1.29 is 0 Å². The van der Waals surface area contributed by atoms with Crippen molar-refractivity contribution in [3.8, 4) is 0 Å². The molecule has 5 nitrogen and oxygen atoms in total. The van der Waals surface area contributed by atoms with Gasteiger partial charge in [-0.15, -0.1) is 0 Å². The van der Waals surface area contributed by atoms with Crippen molar-refractivity contribution >= 4 is 5.96 Å². The van der Waals surface area contributed by atoms with Gasteiger partial charge >= 0.3 is 0 Å². The number of nitrogens with one attached hydrogen (secondary N) is 1. The fourth-order valence-electron chi connectivity index (χ4n) is 2.92. The van der Waals surface area contributed by atoms with Gasteiger partial charge in [-0.3, -0.25) is 9.89 Å². The summed E-state index contributed by atoms with van der Waals surface area (Å²) in [5.74, 6) is 1.21. The number of rotatable bonds is 9. The highest BCUT2D eigenvalue weighted by Gasteiger charge is 2.24. The van der Waals surface area contributed by atoms with E-state index in [1.807, 2.05) is 0 Å². The van der Waals surface area contributed by atoms with E-state index in [1.165, 1.54) is 25.7 Å². The number of hydrogen-bond acceptors (Lipinski definition) is 3. The van der Waals surface area contributed by atoms with Crippen molar-refractivity contribution in [2.45, 2.75) is 52.5 Å². The van der Waals surface area contributed by atoms with Gasteiger partial charge in [0.05, 0.1) is 6.54 Å². The number of piperazine rings is 1. The zero-order chi connectivity index (χ0) is 16.4. The lowest BCUT2D eigenvalue weighted by atomic mass is 10.0. The molecular formula is C17H37N5. The minimum Gasteiger partial charge on any atom is -0.370 e. The van der Waals surface area contributed by atoms with Crippen LogP contribution >= 0.6 is 0 Å². The molecular weight excluding hydrogens is 274 g/mol. The molecule has 0 bridgehead atoms. The molecule has 0 aromatic rings. The number of unbranched alkanes of at least 4 members (excludes halogenated alkanes) is 3.